The van der Waals surface area contributed by atoms with E-state index in [2.05, 4.69) is 18.7 Å². The molecule has 0 aliphatic rings. The Morgan fingerprint density at radius 2 is 2.18 bits per heavy atom. The molecule has 2 N–H and O–H groups in total. The third kappa shape index (κ3) is 3.09. The lowest BCUT2D eigenvalue weighted by Crippen LogP contribution is -2.28. The SMILES string of the molecule is CCCC(C)N(C)c1ccc([N+](=O)[O-])c(N)c1. The average Bonchev–Trinajstić information content (AvgIpc) is 2.27. The van der Waals surface area contributed by atoms with Crippen LogP contribution in [0.3, 0.4) is 0 Å². The highest BCUT2D eigenvalue weighted by molar-refractivity contribution is 5.66. The Hall–Kier alpha value is -1.78. The zero-order valence-electron chi connectivity index (χ0n) is 10.5. The Morgan fingerprint density at radius 1 is 1.53 bits per heavy atom. The average molecular weight is 237 g/mol. The maximum atomic E-state index is 10.7. The Bertz CT molecular complexity index is 407. The number of nitrogens with zero attached hydrogens (tertiary/aromatic N) is 2. The molecule has 94 valence electrons. The summed E-state index contributed by atoms with van der Waals surface area (Å²) in [5.41, 5.74) is 6.75. The van der Waals surface area contributed by atoms with Crippen LogP contribution in [0, 0.1) is 10.1 Å². The lowest BCUT2D eigenvalue weighted by Gasteiger charge is -2.26. The fourth-order valence-electron chi connectivity index (χ4n) is 1.79. The van der Waals surface area contributed by atoms with Gasteiger partial charge in [0, 0.05) is 24.8 Å². The van der Waals surface area contributed by atoms with E-state index in [-0.39, 0.29) is 11.4 Å². The standard InChI is InChI=1S/C12H19N3O2/c1-4-5-9(2)14(3)10-6-7-12(15(16)17)11(13)8-10/h6-9H,4-5,13H2,1-3H3. The van der Waals surface area contributed by atoms with Crippen molar-refractivity contribution in [1.82, 2.24) is 0 Å². The van der Waals surface area contributed by atoms with E-state index in [0.29, 0.717) is 6.04 Å². The molecule has 1 unspecified atom stereocenters. The fourth-order valence-corrected chi connectivity index (χ4v) is 1.79. The highest BCUT2D eigenvalue weighted by atomic mass is 16.6. The molecular formula is C12H19N3O2. The molecule has 0 bridgehead atoms. The molecule has 0 saturated carbocycles. The van der Waals surface area contributed by atoms with Gasteiger partial charge < -0.3 is 10.6 Å². The first kappa shape index (κ1) is 13.3. The van der Waals surface area contributed by atoms with Crippen LogP contribution in [0.1, 0.15) is 26.7 Å². The molecular weight excluding hydrogens is 218 g/mol. The molecule has 0 saturated heterocycles. The zero-order valence-corrected chi connectivity index (χ0v) is 10.5. The molecule has 0 aliphatic heterocycles. The van der Waals surface area contributed by atoms with Gasteiger partial charge in [0.15, 0.2) is 0 Å². The van der Waals surface area contributed by atoms with Crippen LogP contribution < -0.4 is 10.6 Å². The maximum absolute atomic E-state index is 10.7. The summed E-state index contributed by atoms with van der Waals surface area (Å²) < 4.78 is 0. The minimum Gasteiger partial charge on any atom is -0.393 e. The molecule has 0 amide bonds. The van der Waals surface area contributed by atoms with E-state index in [4.69, 9.17) is 5.73 Å². The van der Waals surface area contributed by atoms with Gasteiger partial charge in [-0.05, 0) is 25.5 Å². The van der Waals surface area contributed by atoms with Gasteiger partial charge in [0.2, 0.25) is 0 Å². The lowest BCUT2D eigenvalue weighted by molar-refractivity contribution is -0.383. The molecule has 1 aromatic carbocycles. The Kier molecular flexibility index (Phi) is 4.31. The second kappa shape index (κ2) is 5.52. The second-order valence-corrected chi connectivity index (χ2v) is 4.25. The number of nitrogens with two attached hydrogens (primary N) is 1. The first-order valence-corrected chi connectivity index (χ1v) is 5.74. The molecule has 1 atom stereocenters. The van der Waals surface area contributed by atoms with Gasteiger partial charge in [-0.15, -0.1) is 0 Å². The molecule has 0 spiro atoms. The molecule has 1 rings (SSSR count). The van der Waals surface area contributed by atoms with E-state index >= 15 is 0 Å². The summed E-state index contributed by atoms with van der Waals surface area (Å²) in [7, 11) is 1.97. The minimum atomic E-state index is -0.464. The molecule has 0 fully saturated rings. The Labute approximate surface area is 101 Å². The van der Waals surface area contributed by atoms with E-state index in [1.165, 1.54) is 6.07 Å². The number of hydrogen-bond acceptors (Lipinski definition) is 4. The number of nitro benzene ring substituents is 1. The first-order chi connectivity index (χ1) is 7.97. The molecule has 0 aromatic heterocycles. The van der Waals surface area contributed by atoms with E-state index in [9.17, 15) is 10.1 Å². The number of nitro groups is 1. The van der Waals surface area contributed by atoms with Crippen molar-refractivity contribution >= 4 is 17.1 Å². The zero-order chi connectivity index (χ0) is 13.0. The number of benzene rings is 1. The highest BCUT2D eigenvalue weighted by Gasteiger charge is 2.14. The van der Waals surface area contributed by atoms with Crippen LogP contribution in [0.15, 0.2) is 18.2 Å². The predicted molar refractivity (Wildman–Crippen MR) is 70.3 cm³/mol. The van der Waals surface area contributed by atoms with Crippen LogP contribution in [0.25, 0.3) is 0 Å². The normalized spacial score (nSPS) is 12.2. The maximum Gasteiger partial charge on any atom is 0.292 e. The summed E-state index contributed by atoms with van der Waals surface area (Å²) in [6.45, 7) is 4.26. The monoisotopic (exact) mass is 237 g/mol. The van der Waals surface area contributed by atoms with Crippen molar-refractivity contribution < 1.29 is 4.92 Å². The van der Waals surface area contributed by atoms with Gasteiger partial charge in [-0.3, -0.25) is 10.1 Å². The summed E-state index contributed by atoms with van der Waals surface area (Å²) in [6.07, 6.45) is 2.18. The number of nitrogen functional groups attached to an aromatic ring is 1. The van der Waals surface area contributed by atoms with Gasteiger partial charge in [-0.1, -0.05) is 13.3 Å². The summed E-state index contributed by atoms with van der Waals surface area (Å²) in [4.78, 5) is 12.3. The van der Waals surface area contributed by atoms with Crippen LogP contribution >= 0.6 is 0 Å². The molecule has 1 aromatic rings. The topological polar surface area (TPSA) is 72.4 Å². The molecule has 5 nitrogen and oxygen atoms in total. The second-order valence-electron chi connectivity index (χ2n) is 4.25. The van der Waals surface area contributed by atoms with Crippen molar-refractivity contribution in [2.24, 2.45) is 0 Å². The van der Waals surface area contributed by atoms with Crippen LogP contribution in [-0.2, 0) is 0 Å². The lowest BCUT2D eigenvalue weighted by atomic mass is 10.1. The van der Waals surface area contributed by atoms with Gasteiger partial charge in [-0.25, -0.2) is 0 Å². The smallest absolute Gasteiger partial charge is 0.292 e. The Balaban J connectivity index is 2.93. The summed E-state index contributed by atoms with van der Waals surface area (Å²) in [6, 6.07) is 5.24. The van der Waals surface area contributed by atoms with Crippen molar-refractivity contribution in [3.63, 3.8) is 0 Å². The van der Waals surface area contributed by atoms with Gasteiger partial charge >= 0.3 is 0 Å². The fraction of sp³-hybridized carbons (Fsp3) is 0.500. The van der Waals surface area contributed by atoms with Crippen molar-refractivity contribution in [2.45, 2.75) is 32.7 Å². The molecule has 5 heteroatoms. The summed E-state index contributed by atoms with van der Waals surface area (Å²) in [5.74, 6) is 0. The largest absolute Gasteiger partial charge is 0.393 e. The van der Waals surface area contributed by atoms with Gasteiger partial charge in [-0.2, -0.15) is 0 Å². The molecule has 0 heterocycles. The van der Waals surface area contributed by atoms with Crippen LogP contribution in [-0.4, -0.2) is 18.0 Å². The van der Waals surface area contributed by atoms with E-state index in [0.717, 1.165) is 18.5 Å². The van der Waals surface area contributed by atoms with E-state index in [1.807, 2.05) is 7.05 Å². The quantitative estimate of drug-likeness (QED) is 0.485. The minimum absolute atomic E-state index is 0.0368. The van der Waals surface area contributed by atoms with Crippen molar-refractivity contribution in [3.8, 4) is 0 Å². The third-order valence-corrected chi connectivity index (χ3v) is 2.98. The van der Waals surface area contributed by atoms with Crippen LogP contribution in [0.2, 0.25) is 0 Å². The van der Waals surface area contributed by atoms with Gasteiger partial charge in [0.1, 0.15) is 5.69 Å². The Morgan fingerprint density at radius 3 is 2.65 bits per heavy atom. The van der Waals surface area contributed by atoms with Crippen molar-refractivity contribution in [3.05, 3.63) is 28.3 Å². The van der Waals surface area contributed by atoms with Gasteiger partial charge in [0.25, 0.3) is 5.69 Å². The van der Waals surface area contributed by atoms with Crippen molar-refractivity contribution in [1.29, 1.82) is 0 Å². The highest BCUT2D eigenvalue weighted by Crippen LogP contribution is 2.27. The van der Waals surface area contributed by atoms with E-state index in [1.54, 1.807) is 12.1 Å². The van der Waals surface area contributed by atoms with Crippen LogP contribution in [0.5, 0.6) is 0 Å². The molecule has 0 aliphatic carbocycles. The number of hydrogen-bond donors (Lipinski definition) is 1. The number of rotatable bonds is 5. The van der Waals surface area contributed by atoms with Gasteiger partial charge in [0.05, 0.1) is 4.92 Å². The van der Waals surface area contributed by atoms with Crippen molar-refractivity contribution in [2.75, 3.05) is 17.7 Å². The third-order valence-electron chi connectivity index (χ3n) is 2.98. The predicted octanol–water partition coefficient (Wildman–Crippen LogP) is 2.80. The molecule has 0 radical (unpaired) electrons. The summed E-state index contributed by atoms with van der Waals surface area (Å²) in [5, 5.41) is 10.7. The molecule has 17 heavy (non-hydrogen) atoms. The summed E-state index contributed by atoms with van der Waals surface area (Å²) >= 11 is 0. The van der Waals surface area contributed by atoms with E-state index < -0.39 is 4.92 Å². The number of anilines is 2. The van der Waals surface area contributed by atoms with Crippen LogP contribution in [0.4, 0.5) is 17.1 Å². The first-order valence-electron chi connectivity index (χ1n) is 5.74.